The molecule has 33 heavy (non-hydrogen) atoms. The van der Waals surface area contributed by atoms with Gasteiger partial charge in [-0.05, 0) is 67.6 Å². The fourth-order valence-corrected chi connectivity index (χ4v) is 4.19. The minimum Gasteiger partial charge on any atom is -0.366 e. The third kappa shape index (κ3) is 5.00. The number of hydrogen-bond acceptors (Lipinski definition) is 3. The van der Waals surface area contributed by atoms with E-state index in [1.807, 2.05) is 43.3 Å². The summed E-state index contributed by atoms with van der Waals surface area (Å²) in [6.45, 7) is 3.61. The average molecular weight is 441 g/mol. The molecule has 6 nitrogen and oxygen atoms in total. The van der Waals surface area contributed by atoms with E-state index in [0.29, 0.717) is 16.9 Å². The first-order valence-corrected chi connectivity index (χ1v) is 11.5. The molecule has 1 aliphatic carbocycles. The summed E-state index contributed by atoms with van der Waals surface area (Å²) in [7, 11) is 0. The zero-order chi connectivity index (χ0) is 22.8. The lowest BCUT2D eigenvalue weighted by Crippen LogP contribution is -2.33. The standard InChI is InChI=1S/C27H28N4O2/c1-18-6-8-22(9-7-18)29-27(33)30-23-12-13-25(24(16-23)26(32)28-21-10-11-21)31-15-14-19-4-2-3-5-20(19)17-31/h2-9,12-13,16,21H,10-11,14-15,17H2,1H3,(H,28,32)(H2,29,30,33). The summed E-state index contributed by atoms with van der Waals surface area (Å²) >= 11 is 0. The van der Waals surface area contributed by atoms with E-state index in [-0.39, 0.29) is 18.0 Å². The molecule has 3 N–H and O–H groups in total. The molecule has 1 aliphatic heterocycles. The Kier molecular flexibility index (Phi) is 5.73. The SMILES string of the molecule is Cc1ccc(NC(=O)Nc2ccc(N3CCc4ccccc4C3)c(C(=O)NC3CC3)c2)cc1. The quantitative estimate of drug-likeness (QED) is 0.517. The van der Waals surface area contributed by atoms with Gasteiger partial charge in [0.05, 0.1) is 5.56 Å². The van der Waals surface area contributed by atoms with Gasteiger partial charge < -0.3 is 20.9 Å². The Labute approximate surface area is 194 Å². The zero-order valence-electron chi connectivity index (χ0n) is 18.7. The Morgan fingerprint density at radius 1 is 0.879 bits per heavy atom. The summed E-state index contributed by atoms with van der Waals surface area (Å²) < 4.78 is 0. The molecule has 6 heteroatoms. The summed E-state index contributed by atoms with van der Waals surface area (Å²) in [4.78, 5) is 27.9. The van der Waals surface area contributed by atoms with Crippen molar-refractivity contribution in [3.05, 3.63) is 89.0 Å². The van der Waals surface area contributed by atoms with Gasteiger partial charge in [-0.15, -0.1) is 0 Å². The molecule has 0 aromatic heterocycles. The summed E-state index contributed by atoms with van der Waals surface area (Å²) in [5.74, 6) is -0.0889. The van der Waals surface area contributed by atoms with E-state index >= 15 is 0 Å². The van der Waals surface area contributed by atoms with E-state index in [0.717, 1.165) is 43.6 Å². The molecule has 0 bridgehead atoms. The van der Waals surface area contributed by atoms with Gasteiger partial charge in [0.25, 0.3) is 5.91 Å². The second-order valence-electron chi connectivity index (χ2n) is 8.87. The van der Waals surface area contributed by atoms with E-state index in [4.69, 9.17) is 0 Å². The largest absolute Gasteiger partial charge is 0.366 e. The van der Waals surface area contributed by atoms with Crippen LogP contribution in [0.1, 0.15) is 39.9 Å². The normalized spacial score (nSPS) is 14.9. The van der Waals surface area contributed by atoms with E-state index < -0.39 is 0 Å². The van der Waals surface area contributed by atoms with Crippen molar-refractivity contribution in [2.24, 2.45) is 0 Å². The molecule has 3 aromatic rings. The van der Waals surface area contributed by atoms with Crippen LogP contribution >= 0.6 is 0 Å². The molecule has 1 saturated carbocycles. The minimum atomic E-state index is -0.341. The van der Waals surface area contributed by atoms with Gasteiger partial charge in [0, 0.05) is 36.2 Å². The summed E-state index contributed by atoms with van der Waals surface area (Å²) in [6.07, 6.45) is 2.99. The number of carbonyl (C=O) groups excluding carboxylic acids is 2. The maximum Gasteiger partial charge on any atom is 0.323 e. The second-order valence-corrected chi connectivity index (χ2v) is 8.87. The van der Waals surface area contributed by atoms with Crippen molar-refractivity contribution in [3.8, 4) is 0 Å². The van der Waals surface area contributed by atoms with Crippen molar-refractivity contribution < 1.29 is 9.59 Å². The van der Waals surface area contributed by atoms with Crippen LogP contribution in [0.25, 0.3) is 0 Å². The van der Waals surface area contributed by atoms with Gasteiger partial charge in [0.15, 0.2) is 0 Å². The molecule has 0 saturated heterocycles. The number of amides is 3. The van der Waals surface area contributed by atoms with E-state index in [2.05, 4.69) is 45.1 Å². The Morgan fingerprint density at radius 2 is 1.58 bits per heavy atom. The van der Waals surface area contributed by atoms with Crippen LogP contribution in [-0.4, -0.2) is 24.5 Å². The van der Waals surface area contributed by atoms with Crippen molar-refractivity contribution in [2.75, 3.05) is 22.1 Å². The topological polar surface area (TPSA) is 73.5 Å². The van der Waals surface area contributed by atoms with Crippen LogP contribution in [0.4, 0.5) is 21.9 Å². The molecule has 1 heterocycles. The van der Waals surface area contributed by atoms with Crippen LogP contribution in [0.3, 0.4) is 0 Å². The summed E-state index contributed by atoms with van der Waals surface area (Å²) in [5.41, 5.74) is 6.57. The number of anilines is 3. The minimum absolute atomic E-state index is 0.0889. The van der Waals surface area contributed by atoms with Crippen LogP contribution in [0, 0.1) is 6.92 Å². The monoisotopic (exact) mass is 440 g/mol. The summed E-state index contributed by atoms with van der Waals surface area (Å²) in [6, 6.07) is 21.6. The van der Waals surface area contributed by atoms with E-state index in [9.17, 15) is 9.59 Å². The number of carbonyl (C=O) groups is 2. The maximum atomic E-state index is 13.1. The first kappa shape index (κ1) is 21.1. The second kappa shape index (κ2) is 8.98. The average Bonchev–Trinajstić information content (AvgIpc) is 3.64. The lowest BCUT2D eigenvalue weighted by atomic mass is 9.98. The highest BCUT2D eigenvalue weighted by molar-refractivity contribution is 6.04. The highest BCUT2D eigenvalue weighted by Crippen LogP contribution is 2.30. The number of benzene rings is 3. The fourth-order valence-electron chi connectivity index (χ4n) is 4.19. The number of rotatable bonds is 5. The lowest BCUT2D eigenvalue weighted by molar-refractivity contribution is 0.0951. The van der Waals surface area contributed by atoms with Gasteiger partial charge in [0.1, 0.15) is 0 Å². The third-order valence-corrected chi connectivity index (χ3v) is 6.19. The fraction of sp³-hybridized carbons (Fsp3) is 0.259. The molecule has 0 radical (unpaired) electrons. The van der Waals surface area contributed by atoms with Crippen LogP contribution in [0.5, 0.6) is 0 Å². The molecular weight excluding hydrogens is 412 g/mol. The number of aryl methyl sites for hydroxylation is 1. The van der Waals surface area contributed by atoms with Gasteiger partial charge in [-0.25, -0.2) is 4.79 Å². The smallest absolute Gasteiger partial charge is 0.323 e. The molecular formula is C27H28N4O2. The predicted molar refractivity (Wildman–Crippen MR) is 132 cm³/mol. The van der Waals surface area contributed by atoms with Crippen molar-refractivity contribution in [2.45, 2.75) is 38.8 Å². The number of nitrogens with zero attached hydrogens (tertiary/aromatic N) is 1. The predicted octanol–water partition coefficient (Wildman–Crippen LogP) is 5.09. The zero-order valence-corrected chi connectivity index (χ0v) is 18.7. The van der Waals surface area contributed by atoms with Gasteiger partial charge in [-0.3, -0.25) is 4.79 Å². The molecule has 0 unspecified atom stereocenters. The van der Waals surface area contributed by atoms with Crippen LogP contribution in [-0.2, 0) is 13.0 Å². The molecule has 0 spiro atoms. The first-order valence-electron chi connectivity index (χ1n) is 11.5. The van der Waals surface area contributed by atoms with Crippen molar-refractivity contribution in [1.29, 1.82) is 0 Å². The maximum absolute atomic E-state index is 13.1. The highest BCUT2D eigenvalue weighted by Gasteiger charge is 2.27. The van der Waals surface area contributed by atoms with Gasteiger partial charge >= 0.3 is 6.03 Å². The number of urea groups is 1. The van der Waals surface area contributed by atoms with Gasteiger partial charge in [0.2, 0.25) is 0 Å². The molecule has 3 aromatic carbocycles. The Hall–Kier alpha value is -3.80. The number of nitrogens with one attached hydrogen (secondary N) is 3. The molecule has 1 fully saturated rings. The van der Waals surface area contributed by atoms with Crippen molar-refractivity contribution in [3.63, 3.8) is 0 Å². The molecule has 168 valence electrons. The Morgan fingerprint density at radius 3 is 2.33 bits per heavy atom. The molecule has 2 aliphatic rings. The first-order chi connectivity index (χ1) is 16.0. The molecule has 0 atom stereocenters. The molecule has 5 rings (SSSR count). The van der Waals surface area contributed by atoms with Gasteiger partial charge in [-0.2, -0.15) is 0 Å². The van der Waals surface area contributed by atoms with E-state index in [1.165, 1.54) is 11.1 Å². The third-order valence-electron chi connectivity index (χ3n) is 6.19. The number of fused-ring (bicyclic) bond motifs is 1. The summed E-state index contributed by atoms with van der Waals surface area (Å²) in [5, 5.41) is 8.80. The van der Waals surface area contributed by atoms with Crippen molar-refractivity contribution >= 4 is 29.0 Å². The van der Waals surface area contributed by atoms with Crippen molar-refractivity contribution in [1.82, 2.24) is 5.32 Å². The Bertz CT molecular complexity index is 1180. The van der Waals surface area contributed by atoms with Crippen LogP contribution in [0.15, 0.2) is 66.7 Å². The molecule has 3 amide bonds. The number of hydrogen-bond donors (Lipinski definition) is 3. The van der Waals surface area contributed by atoms with Crippen LogP contribution < -0.4 is 20.9 Å². The highest BCUT2D eigenvalue weighted by atomic mass is 16.2. The Balaban J connectivity index is 1.37. The van der Waals surface area contributed by atoms with Crippen LogP contribution in [0.2, 0.25) is 0 Å². The van der Waals surface area contributed by atoms with Gasteiger partial charge in [-0.1, -0.05) is 42.0 Å². The lowest BCUT2D eigenvalue weighted by Gasteiger charge is -2.32. The van der Waals surface area contributed by atoms with E-state index in [1.54, 1.807) is 6.07 Å².